The monoisotopic (exact) mass is 271 g/mol. The summed E-state index contributed by atoms with van der Waals surface area (Å²) >= 11 is 0. The molecule has 0 bridgehead atoms. The number of carboxylic acids is 1. The maximum Gasteiger partial charge on any atom is 0.312 e. The summed E-state index contributed by atoms with van der Waals surface area (Å²) in [5, 5.41) is 9.26. The molecule has 0 radical (unpaired) electrons. The zero-order valence-corrected chi connectivity index (χ0v) is 11.5. The van der Waals surface area contributed by atoms with Gasteiger partial charge >= 0.3 is 5.97 Å². The number of aliphatic carboxylic acids is 1. The van der Waals surface area contributed by atoms with Crippen molar-refractivity contribution in [2.24, 2.45) is 5.92 Å². The fraction of sp³-hybridized carbons (Fsp3) is 0.250. The van der Waals surface area contributed by atoms with E-state index in [4.69, 9.17) is 0 Å². The van der Waals surface area contributed by atoms with Gasteiger partial charge in [-0.05, 0) is 18.1 Å². The molecular weight excluding hydrogens is 254 g/mol. The van der Waals surface area contributed by atoms with E-state index < -0.39 is 11.9 Å². The van der Waals surface area contributed by atoms with Crippen LogP contribution in [0.3, 0.4) is 0 Å². The number of rotatable bonds is 5. The second-order valence-electron chi connectivity index (χ2n) is 5.08. The third-order valence-electron chi connectivity index (χ3n) is 3.26. The van der Waals surface area contributed by atoms with Gasteiger partial charge in [-0.15, -0.1) is 0 Å². The largest absolute Gasteiger partial charge is 0.481 e. The number of carbonyl (C=O) groups is 2. The number of carboxylic acid groups (broad SMARTS) is 1. The standard InChI is InChI=1S/C16H17NO3/c1-10(2)14(16(19)20)12-8-9-13(17-12)15(18)11-6-4-3-5-7-11/h3-10,14,17H,1-2H3,(H,19,20). The van der Waals surface area contributed by atoms with Gasteiger partial charge in [0.25, 0.3) is 0 Å². The van der Waals surface area contributed by atoms with Gasteiger partial charge in [-0.3, -0.25) is 9.59 Å². The Labute approximate surface area is 117 Å². The van der Waals surface area contributed by atoms with Crippen molar-refractivity contribution in [3.8, 4) is 0 Å². The van der Waals surface area contributed by atoms with Crippen LogP contribution in [0.1, 0.15) is 41.5 Å². The van der Waals surface area contributed by atoms with E-state index in [0.717, 1.165) is 0 Å². The quantitative estimate of drug-likeness (QED) is 0.821. The fourth-order valence-electron chi connectivity index (χ4n) is 2.25. The van der Waals surface area contributed by atoms with E-state index in [1.807, 2.05) is 19.9 Å². The second kappa shape index (κ2) is 5.74. The van der Waals surface area contributed by atoms with Crippen molar-refractivity contribution in [2.45, 2.75) is 19.8 Å². The molecular formula is C16H17NO3. The molecule has 2 N–H and O–H groups in total. The van der Waals surface area contributed by atoms with Gasteiger partial charge in [0.2, 0.25) is 5.78 Å². The van der Waals surface area contributed by atoms with E-state index >= 15 is 0 Å². The first-order valence-electron chi connectivity index (χ1n) is 6.52. The molecule has 1 aromatic carbocycles. The molecule has 20 heavy (non-hydrogen) atoms. The first kappa shape index (κ1) is 14.1. The third-order valence-corrected chi connectivity index (χ3v) is 3.26. The number of nitrogens with one attached hydrogen (secondary N) is 1. The first-order valence-corrected chi connectivity index (χ1v) is 6.52. The summed E-state index contributed by atoms with van der Waals surface area (Å²) < 4.78 is 0. The molecule has 2 rings (SSSR count). The first-order chi connectivity index (χ1) is 9.50. The smallest absolute Gasteiger partial charge is 0.312 e. The Kier molecular flexibility index (Phi) is 4.03. The molecule has 4 nitrogen and oxygen atoms in total. The molecule has 1 unspecified atom stereocenters. The summed E-state index contributed by atoms with van der Waals surface area (Å²) in [5.41, 5.74) is 1.56. The lowest BCUT2D eigenvalue weighted by atomic mass is 9.93. The Morgan fingerprint density at radius 2 is 1.70 bits per heavy atom. The molecule has 0 aliphatic carbocycles. The van der Waals surface area contributed by atoms with Crippen LogP contribution in [-0.2, 0) is 4.79 Å². The minimum absolute atomic E-state index is 0.0502. The third kappa shape index (κ3) is 2.79. The zero-order valence-electron chi connectivity index (χ0n) is 11.5. The van der Waals surface area contributed by atoms with Crippen molar-refractivity contribution >= 4 is 11.8 Å². The zero-order chi connectivity index (χ0) is 14.7. The van der Waals surface area contributed by atoms with Crippen molar-refractivity contribution in [3.63, 3.8) is 0 Å². The lowest BCUT2D eigenvalue weighted by Crippen LogP contribution is -2.18. The molecule has 0 aliphatic heterocycles. The predicted octanol–water partition coefficient (Wildman–Crippen LogP) is 3.07. The fourth-order valence-corrected chi connectivity index (χ4v) is 2.25. The van der Waals surface area contributed by atoms with Crippen molar-refractivity contribution in [1.82, 2.24) is 4.98 Å². The lowest BCUT2D eigenvalue weighted by molar-refractivity contribution is -0.140. The van der Waals surface area contributed by atoms with Gasteiger partial charge in [0.05, 0.1) is 11.6 Å². The van der Waals surface area contributed by atoms with Crippen molar-refractivity contribution in [3.05, 3.63) is 59.4 Å². The second-order valence-corrected chi connectivity index (χ2v) is 5.08. The van der Waals surface area contributed by atoms with Gasteiger partial charge in [0.15, 0.2) is 0 Å². The van der Waals surface area contributed by atoms with Gasteiger partial charge in [-0.25, -0.2) is 0 Å². The van der Waals surface area contributed by atoms with Crippen molar-refractivity contribution in [2.75, 3.05) is 0 Å². The van der Waals surface area contributed by atoms with Crippen LogP contribution < -0.4 is 0 Å². The molecule has 1 atom stereocenters. The van der Waals surface area contributed by atoms with Gasteiger partial charge in [-0.1, -0.05) is 44.2 Å². The summed E-state index contributed by atoms with van der Waals surface area (Å²) in [7, 11) is 0. The summed E-state index contributed by atoms with van der Waals surface area (Å²) in [5.74, 6) is -1.71. The molecule has 0 saturated heterocycles. The van der Waals surface area contributed by atoms with Crippen LogP contribution in [0, 0.1) is 5.92 Å². The highest BCUT2D eigenvalue weighted by molar-refractivity contribution is 6.07. The maximum absolute atomic E-state index is 12.2. The van der Waals surface area contributed by atoms with E-state index in [1.165, 1.54) is 0 Å². The number of carbonyl (C=O) groups excluding carboxylic acids is 1. The Bertz CT molecular complexity index is 614. The molecule has 0 spiro atoms. The van der Waals surface area contributed by atoms with Gasteiger partial charge in [0.1, 0.15) is 0 Å². The minimum Gasteiger partial charge on any atom is -0.481 e. The molecule has 0 aliphatic rings. The summed E-state index contributed by atoms with van der Waals surface area (Å²) in [6.45, 7) is 3.69. The Balaban J connectivity index is 2.29. The molecule has 1 heterocycles. The lowest BCUT2D eigenvalue weighted by Gasteiger charge is -2.14. The molecule has 0 amide bonds. The van der Waals surface area contributed by atoms with E-state index in [0.29, 0.717) is 17.0 Å². The molecule has 2 aromatic rings. The molecule has 1 aromatic heterocycles. The summed E-state index contributed by atoms with van der Waals surface area (Å²) in [6, 6.07) is 12.2. The molecule has 0 saturated carbocycles. The minimum atomic E-state index is -0.888. The Hall–Kier alpha value is -2.36. The van der Waals surface area contributed by atoms with E-state index in [-0.39, 0.29) is 11.7 Å². The number of aromatic nitrogens is 1. The van der Waals surface area contributed by atoms with E-state index in [9.17, 15) is 14.7 Å². The predicted molar refractivity (Wildman–Crippen MR) is 75.9 cm³/mol. The van der Waals surface area contributed by atoms with Crippen LogP contribution in [0.25, 0.3) is 0 Å². The van der Waals surface area contributed by atoms with Crippen LogP contribution in [-0.4, -0.2) is 21.8 Å². The average molecular weight is 271 g/mol. The average Bonchev–Trinajstić information content (AvgIpc) is 2.87. The SMILES string of the molecule is CC(C)C(C(=O)O)c1ccc(C(=O)c2ccccc2)[nH]1. The van der Waals surface area contributed by atoms with Crippen molar-refractivity contribution < 1.29 is 14.7 Å². The normalized spacial score (nSPS) is 12.3. The van der Waals surface area contributed by atoms with Crippen LogP contribution in [0.15, 0.2) is 42.5 Å². The van der Waals surface area contributed by atoms with Crippen LogP contribution in [0.4, 0.5) is 0 Å². The highest BCUT2D eigenvalue weighted by Crippen LogP contribution is 2.24. The molecule has 0 fully saturated rings. The summed E-state index contributed by atoms with van der Waals surface area (Å²) in [6.07, 6.45) is 0. The maximum atomic E-state index is 12.2. The highest BCUT2D eigenvalue weighted by Gasteiger charge is 2.25. The topological polar surface area (TPSA) is 70.2 Å². The highest BCUT2D eigenvalue weighted by atomic mass is 16.4. The Morgan fingerprint density at radius 1 is 1.05 bits per heavy atom. The number of ketones is 1. The van der Waals surface area contributed by atoms with Crippen LogP contribution in [0.2, 0.25) is 0 Å². The van der Waals surface area contributed by atoms with Gasteiger partial charge < -0.3 is 10.1 Å². The number of H-pyrrole nitrogens is 1. The molecule has 104 valence electrons. The van der Waals surface area contributed by atoms with Gasteiger partial charge in [0, 0.05) is 11.3 Å². The number of aromatic amines is 1. The summed E-state index contributed by atoms with van der Waals surface area (Å²) in [4.78, 5) is 26.5. The number of hydrogen-bond acceptors (Lipinski definition) is 2. The Morgan fingerprint density at radius 3 is 2.25 bits per heavy atom. The van der Waals surface area contributed by atoms with Gasteiger partial charge in [-0.2, -0.15) is 0 Å². The van der Waals surface area contributed by atoms with Crippen molar-refractivity contribution in [1.29, 1.82) is 0 Å². The van der Waals surface area contributed by atoms with E-state index in [2.05, 4.69) is 4.98 Å². The van der Waals surface area contributed by atoms with Crippen LogP contribution in [0.5, 0.6) is 0 Å². The number of benzene rings is 1. The number of hydrogen-bond donors (Lipinski definition) is 2. The molecule has 4 heteroatoms. The van der Waals surface area contributed by atoms with E-state index in [1.54, 1.807) is 36.4 Å². The van der Waals surface area contributed by atoms with Crippen LogP contribution >= 0.6 is 0 Å².